The Bertz CT molecular complexity index is 901. The fraction of sp³-hybridized carbons (Fsp3) is 0.263. The molecule has 1 amide bonds. The van der Waals surface area contributed by atoms with Gasteiger partial charge in [0.25, 0.3) is 0 Å². The van der Waals surface area contributed by atoms with Crippen LogP contribution in [-0.4, -0.2) is 33.3 Å². The van der Waals surface area contributed by atoms with Crippen LogP contribution in [0.4, 0.5) is 0 Å². The zero-order chi connectivity index (χ0) is 18.0. The van der Waals surface area contributed by atoms with Gasteiger partial charge in [-0.1, -0.05) is 23.7 Å². The van der Waals surface area contributed by atoms with Crippen molar-refractivity contribution in [1.82, 2.24) is 14.3 Å². The Balaban J connectivity index is 2.12. The standard InChI is InChI=1S/C19H19ClIN3O/c1-3-23(4-2)18(25)11-16-19(13-5-8-15(21)9-6-13)22-17-10-7-14(20)12-24(16)17/h5-10,12H,3-4,11H2,1-2H3. The maximum Gasteiger partial charge on any atom is 0.228 e. The lowest BCUT2D eigenvalue weighted by molar-refractivity contribution is -0.130. The molecule has 0 N–H and O–H groups in total. The lowest BCUT2D eigenvalue weighted by atomic mass is 10.1. The number of likely N-dealkylation sites (N-methyl/N-ethyl adjacent to an activating group) is 1. The summed E-state index contributed by atoms with van der Waals surface area (Å²) < 4.78 is 3.09. The van der Waals surface area contributed by atoms with Crippen LogP contribution < -0.4 is 0 Å². The van der Waals surface area contributed by atoms with Gasteiger partial charge in [0.05, 0.1) is 22.8 Å². The van der Waals surface area contributed by atoms with Crippen molar-refractivity contribution in [2.24, 2.45) is 0 Å². The molecule has 0 aliphatic rings. The first kappa shape index (κ1) is 18.2. The minimum absolute atomic E-state index is 0.0959. The fourth-order valence-corrected chi connectivity index (χ4v) is 3.43. The lowest BCUT2D eigenvalue weighted by Gasteiger charge is -2.18. The maximum atomic E-state index is 12.7. The number of rotatable bonds is 5. The average molecular weight is 468 g/mol. The molecule has 6 heteroatoms. The van der Waals surface area contributed by atoms with Crippen molar-refractivity contribution >= 4 is 45.7 Å². The van der Waals surface area contributed by atoms with E-state index in [1.54, 1.807) is 0 Å². The average Bonchev–Trinajstić information content (AvgIpc) is 2.94. The van der Waals surface area contributed by atoms with Crippen LogP contribution in [0.25, 0.3) is 16.9 Å². The number of hydrogen-bond donors (Lipinski definition) is 0. The highest BCUT2D eigenvalue weighted by Crippen LogP contribution is 2.27. The summed E-state index contributed by atoms with van der Waals surface area (Å²) in [6.45, 7) is 5.39. The van der Waals surface area contributed by atoms with E-state index in [0.717, 1.165) is 26.2 Å². The van der Waals surface area contributed by atoms with Gasteiger partial charge in [-0.25, -0.2) is 4.98 Å². The third-order valence-corrected chi connectivity index (χ3v) is 5.18. The SMILES string of the molecule is CCN(CC)C(=O)Cc1c(-c2ccc(I)cc2)nc2ccc(Cl)cn12. The first-order chi connectivity index (χ1) is 12.0. The molecular formula is C19H19ClIN3O. The fourth-order valence-electron chi connectivity index (χ4n) is 2.91. The molecule has 3 rings (SSSR count). The van der Waals surface area contributed by atoms with E-state index < -0.39 is 0 Å². The summed E-state index contributed by atoms with van der Waals surface area (Å²) in [5.41, 5.74) is 3.50. The van der Waals surface area contributed by atoms with Crippen LogP contribution in [0.3, 0.4) is 0 Å². The molecule has 0 aliphatic carbocycles. The van der Waals surface area contributed by atoms with Crippen LogP contribution in [0.1, 0.15) is 19.5 Å². The van der Waals surface area contributed by atoms with Crippen LogP contribution in [0.2, 0.25) is 5.02 Å². The number of hydrogen-bond acceptors (Lipinski definition) is 2. The Kier molecular flexibility index (Phi) is 5.64. The lowest BCUT2D eigenvalue weighted by Crippen LogP contribution is -2.32. The minimum Gasteiger partial charge on any atom is -0.343 e. The number of benzene rings is 1. The number of halogens is 2. The van der Waals surface area contributed by atoms with Gasteiger partial charge in [-0.3, -0.25) is 4.79 Å². The summed E-state index contributed by atoms with van der Waals surface area (Å²) in [7, 11) is 0. The molecule has 2 heterocycles. The van der Waals surface area contributed by atoms with Crippen LogP contribution in [-0.2, 0) is 11.2 Å². The monoisotopic (exact) mass is 467 g/mol. The van der Waals surface area contributed by atoms with Gasteiger partial charge in [0.2, 0.25) is 5.91 Å². The van der Waals surface area contributed by atoms with Gasteiger partial charge in [-0.05, 0) is 60.7 Å². The molecule has 2 aromatic heterocycles. The van der Waals surface area contributed by atoms with Gasteiger partial charge >= 0.3 is 0 Å². The quantitative estimate of drug-likeness (QED) is 0.512. The van der Waals surface area contributed by atoms with Crippen LogP contribution in [0, 0.1) is 3.57 Å². The molecule has 4 nitrogen and oxygen atoms in total. The van der Waals surface area contributed by atoms with E-state index in [1.807, 2.05) is 65.7 Å². The molecule has 3 aromatic rings. The molecule has 0 spiro atoms. The van der Waals surface area contributed by atoms with Crippen molar-refractivity contribution < 1.29 is 4.79 Å². The predicted octanol–water partition coefficient (Wildman–Crippen LogP) is 4.67. The Labute approximate surface area is 166 Å². The van der Waals surface area contributed by atoms with E-state index in [9.17, 15) is 4.79 Å². The molecule has 25 heavy (non-hydrogen) atoms. The van der Waals surface area contributed by atoms with Crippen molar-refractivity contribution in [3.05, 3.63) is 56.9 Å². The van der Waals surface area contributed by atoms with Gasteiger partial charge in [0.1, 0.15) is 5.65 Å². The zero-order valence-electron chi connectivity index (χ0n) is 14.2. The van der Waals surface area contributed by atoms with Crippen molar-refractivity contribution in [3.63, 3.8) is 0 Å². The highest BCUT2D eigenvalue weighted by molar-refractivity contribution is 14.1. The molecule has 130 valence electrons. The summed E-state index contributed by atoms with van der Waals surface area (Å²) in [5.74, 6) is 0.0959. The van der Waals surface area contributed by atoms with Gasteiger partial charge in [0.15, 0.2) is 0 Å². The molecule has 0 fully saturated rings. The second-order valence-corrected chi connectivity index (χ2v) is 7.41. The van der Waals surface area contributed by atoms with Crippen LogP contribution in [0.5, 0.6) is 0 Å². The molecule has 0 bridgehead atoms. The van der Waals surface area contributed by atoms with E-state index in [2.05, 4.69) is 22.6 Å². The van der Waals surface area contributed by atoms with E-state index >= 15 is 0 Å². The van der Waals surface area contributed by atoms with E-state index in [0.29, 0.717) is 24.5 Å². The van der Waals surface area contributed by atoms with Gasteiger partial charge in [0, 0.05) is 28.4 Å². The first-order valence-electron chi connectivity index (χ1n) is 8.23. The summed E-state index contributed by atoms with van der Waals surface area (Å²) in [6.07, 6.45) is 2.12. The molecule has 0 saturated heterocycles. The topological polar surface area (TPSA) is 37.6 Å². The molecule has 0 unspecified atom stereocenters. The Morgan fingerprint density at radius 2 is 1.84 bits per heavy atom. The highest BCUT2D eigenvalue weighted by atomic mass is 127. The Morgan fingerprint density at radius 1 is 1.16 bits per heavy atom. The second-order valence-electron chi connectivity index (χ2n) is 5.73. The molecule has 0 aliphatic heterocycles. The van der Waals surface area contributed by atoms with Gasteiger partial charge < -0.3 is 9.30 Å². The van der Waals surface area contributed by atoms with Crippen LogP contribution >= 0.6 is 34.2 Å². The van der Waals surface area contributed by atoms with Crippen molar-refractivity contribution in [3.8, 4) is 11.3 Å². The third kappa shape index (κ3) is 3.82. The summed E-state index contributed by atoms with van der Waals surface area (Å²) in [5, 5.41) is 0.621. The van der Waals surface area contributed by atoms with Gasteiger partial charge in [-0.2, -0.15) is 0 Å². The van der Waals surface area contributed by atoms with E-state index in [1.165, 1.54) is 0 Å². The maximum absolute atomic E-state index is 12.7. The molecule has 0 radical (unpaired) electrons. The number of carbonyl (C=O) groups excluding carboxylic acids is 1. The van der Waals surface area contributed by atoms with E-state index in [4.69, 9.17) is 16.6 Å². The number of carbonyl (C=O) groups is 1. The first-order valence-corrected chi connectivity index (χ1v) is 9.69. The molecule has 0 saturated carbocycles. The number of imidazole rings is 1. The molecular weight excluding hydrogens is 449 g/mol. The van der Waals surface area contributed by atoms with Crippen molar-refractivity contribution in [2.45, 2.75) is 20.3 Å². The molecule has 0 atom stereocenters. The predicted molar refractivity (Wildman–Crippen MR) is 110 cm³/mol. The summed E-state index contributed by atoms with van der Waals surface area (Å²) >= 11 is 8.45. The number of fused-ring (bicyclic) bond motifs is 1. The van der Waals surface area contributed by atoms with Gasteiger partial charge in [-0.15, -0.1) is 0 Å². The van der Waals surface area contributed by atoms with Crippen LogP contribution in [0.15, 0.2) is 42.6 Å². The number of pyridine rings is 1. The molecule has 1 aromatic carbocycles. The van der Waals surface area contributed by atoms with Crippen molar-refractivity contribution in [2.75, 3.05) is 13.1 Å². The smallest absolute Gasteiger partial charge is 0.228 e. The largest absolute Gasteiger partial charge is 0.343 e. The highest BCUT2D eigenvalue weighted by Gasteiger charge is 2.19. The normalized spacial score (nSPS) is 11.0. The Morgan fingerprint density at radius 3 is 2.48 bits per heavy atom. The third-order valence-electron chi connectivity index (χ3n) is 4.23. The second kappa shape index (κ2) is 7.74. The zero-order valence-corrected chi connectivity index (χ0v) is 17.1. The number of aromatic nitrogens is 2. The van der Waals surface area contributed by atoms with Crippen molar-refractivity contribution in [1.29, 1.82) is 0 Å². The number of amides is 1. The summed E-state index contributed by atoms with van der Waals surface area (Å²) in [6, 6.07) is 11.9. The summed E-state index contributed by atoms with van der Waals surface area (Å²) in [4.78, 5) is 19.3. The minimum atomic E-state index is 0.0959. The van der Waals surface area contributed by atoms with E-state index in [-0.39, 0.29) is 5.91 Å². The number of nitrogens with zero attached hydrogens (tertiary/aromatic N) is 3. The Hall–Kier alpha value is -1.60.